The number of benzene rings is 1. The number of hydrogen-bond acceptors (Lipinski definition) is 6. The highest BCUT2D eigenvalue weighted by molar-refractivity contribution is 5.75. The summed E-state index contributed by atoms with van der Waals surface area (Å²) in [5, 5.41) is 29.0. The summed E-state index contributed by atoms with van der Waals surface area (Å²) in [5.41, 5.74) is 0.252. The first-order chi connectivity index (χ1) is 9.01. The van der Waals surface area contributed by atoms with E-state index in [0.717, 1.165) is 0 Å². The van der Waals surface area contributed by atoms with Gasteiger partial charge in [0, 0.05) is 0 Å². The molecule has 0 bridgehead atoms. The second-order valence-corrected chi connectivity index (χ2v) is 3.80. The largest absolute Gasteiger partial charge is 0.504 e. The molecule has 0 radical (unpaired) electrons. The fourth-order valence-corrected chi connectivity index (χ4v) is 1.52. The number of ether oxygens (including phenoxy) is 2. The topological polar surface area (TPSA) is 96.2 Å². The Hall–Kier alpha value is -1.79. The normalized spacial score (nSPS) is 13.7. The van der Waals surface area contributed by atoms with E-state index in [9.17, 15) is 20.1 Å². The highest BCUT2D eigenvalue weighted by atomic mass is 16.5. The zero-order valence-electron chi connectivity index (χ0n) is 10.9. The fraction of sp³-hybridized carbons (Fsp3) is 0.462. The number of aliphatic hydroxyl groups excluding tert-OH is 2. The minimum absolute atomic E-state index is 0.0802. The van der Waals surface area contributed by atoms with E-state index < -0.39 is 18.2 Å². The van der Waals surface area contributed by atoms with Gasteiger partial charge in [0.05, 0.1) is 13.2 Å². The minimum atomic E-state index is -1.68. The third kappa shape index (κ3) is 3.84. The van der Waals surface area contributed by atoms with E-state index in [2.05, 4.69) is 4.74 Å². The standard InChI is InChI=1S/C13H18O6/c1-3-18-10-7-8(5-6-9(10)14)11(15)12(16)13(17)19-4-2/h5-7,11-12,14-16H,3-4H2,1-2H3. The molecule has 106 valence electrons. The lowest BCUT2D eigenvalue weighted by molar-refractivity contribution is -0.159. The molecular formula is C13H18O6. The number of carbonyl (C=O) groups is 1. The van der Waals surface area contributed by atoms with Gasteiger partial charge < -0.3 is 24.8 Å². The molecule has 0 saturated carbocycles. The van der Waals surface area contributed by atoms with Crippen LogP contribution in [0.5, 0.6) is 11.5 Å². The quantitative estimate of drug-likeness (QED) is 0.660. The van der Waals surface area contributed by atoms with Crippen LogP contribution in [0.25, 0.3) is 0 Å². The molecule has 6 heteroatoms. The Morgan fingerprint density at radius 1 is 1.26 bits per heavy atom. The molecule has 3 N–H and O–H groups in total. The molecule has 0 saturated heterocycles. The molecular weight excluding hydrogens is 252 g/mol. The van der Waals surface area contributed by atoms with Crippen molar-refractivity contribution >= 4 is 5.97 Å². The zero-order chi connectivity index (χ0) is 14.4. The third-order valence-electron chi connectivity index (χ3n) is 2.45. The van der Waals surface area contributed by atoms with Gasteiger partial charge in [0.2, 0.25) is 0 Å². The Balaban J connectivity index is 2.89. The van der Waals surface area contributed by atoms with E-state index in [1.54, 1.807) is 13.8 Å². The van der Waals surface area contributed by atoms with Gasteiger partial charge in [0.15, 0.2) is 17.6 Å². The molecule has 19 heavy (non-hydrogen) atoms. The molecule has 2 atom stereocenters. The Morgan fingerprint density at radius 2 is 1.95 bits per heavy atom. The highest BCUT2D eigenvalue weighted by Crippen LogP contribution is 2.30. The van der Waals surface area contributed by atoms with Crippen LogP contribution in [0.3, 0.4) is 0 Å². The smallest absolute Gasteiger partial charge is 0.338 e. The number of carbonyl (C=O) groups excluding carboxylic acids is 1. The van der Waals surface area contributed by atoms with Gasteiger partial charge >= 0.3 is 5.97 Å². The number of rotatable bonds is 6. The number of aromatic hydroxyl groups is 1. The van der Waals surface area contributed by atoms with Crippen molar-refractivity contribution in [1.82, 2.24) is 0 Å². The molecule has 2 unspecified atom stereocenters. The Labute approximate surface area is 111 Å². The van der Waals surface area contributed by atoms with Crippen LogP contribution in [0.4, 0.5) is 0 Å². The summed E-state index contributed by atoms with van der Waals surface area (Å²) in [6, 6.07) is 4.08. The maximum absolute atomic E-state index is 11.3. The number of phenols is 1. The van der Waals surface area contributed by atoms with E-state index in [-0.39, 0.29) is 23.7 Å². The van der Waals surface area contributed by atoms with Crippen LogP contribution in [-0.4, -0.2) is 40.6 Å². The first-order valence-electron chi connectivity index (χ1n) is 5.99. The predicted molar refractivity (Wildman–Crippen MR) is 66.9 cm³/mol. The number of esters is 1. The molecule has 1 aromatic carbocycles. The average Bonchev–Trinajstić information content (AvgIpc) is 2.40. The molecule has 1 rings (SSSR count). The van der Waals surface area contributed by atoms with E-state index in [1.165, 1.54) is 18.2 Å². The van der Waals surface area contributed by atoms with Crippen molar-refractivity contribution < 1.29 is 29.6 Å². The van der Waals surface area contributed by atoms with Gasteiger partial charge in [-0.05, 0) is 31.5 Å². The molecule has 0 fully saturated rings. The molecule has 0 spiro atoms. The van der Waals surface area contributed by atoms with Gasteiger partial charge in [-0.3, -0.25) is 0 Å². The van der Waals surface area contributed by atoms with Gasteiger partial charge in [-0.15, -0.1) is 0 Å². The molecule has 0 heterocycles. The maximum atomic E-state index is 11.3. The van der Waals surface area contributed by atoms with Crippen molar-refractivity contribution in [2.45, 2.75) is 26.1 Å². The lowest BCUT2D eigenvalue weighted by Gasteiger charge is -2.17. The summed E-state index contributed by atoms with van der Waals surface area (Å²) in [6.07, 6.45) is -3.13. The Bertz CT molecular complexity index is 431. The molecule has 1 aromatic rings. The van der Waals surface area contributed by atoms with Crippen LogP contribution in [0.1, 0.15) is 25.5 Å². The second kappa shape index (κ2) is 6.96. The zero-order valence-corrected chi connectivity index (χ0v) is 10.9. The Kier molecular flexibility index (Phi) is 5.59. The number of hydrogen-bond donors (Lipinski definition) is 3. The van der Waals surface area contributed by atoms with E-state index in [4.69, 9.17) is 4.74 Å². The summed E-state index contributed by atoms with van der Waals surface area (Å²) in [4.78, 5) is 11.3. The van der Waals surface area contributed by atoms with Crippen molar-refractivity contribution in [3.63, 3.8) is 0 Å². The Morgan fingerprint density at radius 3 is 2.53 bits per heavy atom. The monoisotopic (exact) mass is 270 g/mol. The van der Waals surface area contributed by atoms with Crippen molar-refractivity contribution in [1.29, 1.82) is 0 Å². The summed E-state index contributed by atoms with van der Waals surface area (Å²) in [7, 11) is 0. The van der Waals surface area contributed by atoms with E-state index >= 15 is 0 Å². The highest BCUT2D eigenvalue weighted by Gasteiger charge is 2.27. The minimum Gasteiger partial charge on any atom is -0.504 e. The van der Waals surface area contributed by atoms with Gasteiger partial charge in [0.1, 0.15) is 6.10 Å². The van der Waals surface area contributed by atoms with Gasteiger partial charge in [-0.2, -0.15) is 0 Å². The second-order valence-electron chi connectivity index (χ2n) is 3.80. The predicted octanol–water partition coefficient (Wildman–Crippen LogP) is 0.748. The molecule has 0 aliphatic heterocycles. The van der Waals surface area contributed by atoms with Gasteiger partial charge in [0.25, 0.3) is 0 Å². The fourth-order valence-electron chi connectivity index (χ4n) is 1.52. The first-order valence-corrected chi connectivity index (χ1v) is 5.99. The molecule has 6 nitrogen and oxygen atoms in total. The number of phenolic OH excluding ortho intramolecular Hbond substituents is 1. The van der Waals surface area contributed by atoms with Crippen molar-refractivity contribution in [2.75, 3.05) is 13.2 Å². The van der Waals surface area contributed by atoms with Crippen LogP contribution >= 0.6 is 0 Å². The van der Waals surface area contributed by atoms with Crippen molar-refractivity contribution in [3.8, 4) is 11.5 Å². The third-order valence-corrected chi connectivity index (χ3v) is 2.45. The number of aliphatic hydroxyl groups is 2. The summed E-state index contributed by atoms with van der Waals surface area (Å²) >= 11 is 0. The maximum Gasteiger partial charge on any atom is 0.338 e. The lowest BCUT2D eigenvalue weighted by atomic mass is 10.0. The molecule has 0 aliphatic rings. The van der Waals surface area contributed by atoms with Crippen LogP contribution in [0.15, 0.2) is 18.2 Å². The SMILES string of the molecule is CCOC(=O)C(O)C(O)c1ccc(O)c(OCC)c1. The van der Waals surface area contributed by atoms with Crippen LogP contribution in [0.2, 0.25) is 0 Å². The van der Waals surface area contributed by atoms with E-state index in [0.29, 0.717) is 6.61 Å². The summed E-state index contributed by atoms with van der Waals surface area (Å²) in [6.45, 7) is 3.80. The van der Waals surface area contributed by atoms with Crippen LogP contribution < -0.4 is 4.74 Å². The van der Waals surface area contributed by atoms with Gasteiger partial charge in [-0.25, -0.2) is 4.79 Å². The van der Waals surface area contributed by atoms with E-state index in [1.807, 2.05) is 0 Å². The summed E-state index contributed by atoms with van der Waals surface area (Å²) < 4.78 is 9.77. The van der Waals surface area contributed by atoms with Crippen molar-refractivity contribution in [3.05, 3.63) is 23.8 Å². The molecule has 0 aliphatic carbocycles. The lowest BCUT2D eigenvalue weighted by Crippen LogP contribution is -2.29. The first kappa shape index (κ1) is 15.3. The molecule has 0 aromatic heterocycles. The average molecular weight is 270 g/mol. The van der Waals surface area contributed by atoms with Gasteiger partial charge in [-0.1, -0.05) is 6.07 Å². The summed E-state index contributed by atoms with van der Waals surface area (Å²) in [5.74, 6) is -0.806. The van der Waals surface area contributed by atoms with Crippen LogP contribution in [-0.2, 0) is 9.53 Å². The van der Waals surface area contributed by atoms with Crippen LogP contribution in [0, 0.1) is 0 Å². The molecule has 0 amide bonds. The van der Waals surface area contributed by atoms with Crippen molar-refractivity contribution in [2.24, 2.45) is 0 Å².